The number of hydrogen-bond acceptors (Lipinski definition) is 5. The van der Waals surface area contributed by atoms with E-state index in [0.717, 1.165) is 34.6 Å². The number of benzene rings is 1. The Balaban J connectivity index is 1.40. The van der Waals surface area contributed by atoms with Gasteiger partial charge in [0.15, 0.2) is 0 Å². The van der Waals surface area contributed by atoms with Crippen LogP contribution in [0.4, 0.5) is 11.6 Å². The number of nitrogens with zero attached hydrogens (tertiary/aromatic N) is 3. The second-order valence-corrected chi connectivity index (χ2v) is 7.61. The van der Waals surface area contributed by atoms with E-state index in [1.54, 1.807) is 18.5 Å². The van der Waals surface area contributed by atoms with Crippen molar-refractivity contribution in [3.63, 3.8) is 0 Å². The number of anilines is 2. The van der Waals surface area contributed by atoms with Crippen LogP contribution in [0.5, 0.6) is 0 Å². The summed E-state index contributed by atoms with van der Waals surface area (Å²) in [4.78, 5) is 27.1. The first kappa shape index (κ1) is 17.6. The largest absolute Gasteiger partial charge is 0.383 e. The Morgan fingerprint density at radius 1 is 1.21 bits per heavy atom. The number of nitrogen functional groups attached to an aromatic ring is 1. The van der Waals surface area contributed by atoms with Crippen molar-refractivity contribution in [2.45, 2.75) is 18.9 Å². The second-order valence-electron chi connectivity index (χ2n) is 7.61. The molecular weight excluding hydrogens is 364 g/mol. The lowest BCUT2D eigenvalue weighted by atomic mass is 10.1. The molecule has 4 heterocycles. The number of carbonyl (C=O) groups excluding carboxylic acids is 1. The van der Waals surface area contributed by atoms with Gasteiger partial charge in [0, 0.05) is 46.5 Å². The lowest BCUT2D eigenvalue weighted by Gasteiger charge is -2.17. The van der Waals surface area contributed by atoms with Crippen LogP contribution in [0.25, 0.3) is 21.7 Å². The van der Waals surface area contributed by atoms with Crippen molar-refractivity contribution in [1.29, 1.82) is 0 Å². The fourth-order valence-electron chi connectivity index (χ4n) is 4.13. The van der Waals surface area contributed by atoms with E-state index in [2.05, 4.69) is 38.3 Å². The van der Waals surface area contributed by atoms with Crippen LogP contribution in [-0.2, 0) is 0 Å². The minimum Gasteiger partial charge on any atom is -0.383 e. The third-order valence-corrected chi connectivity index (χ3v) is 5.70. The highest BCUT2D eigenvalue weighted by atomic mass is 16.1. The number of nitrogens with one attached hydrogen (secondary N) is 2. The first-order valence-corrected chi connectivity index (χ1v) is 9.73. The SMILES string of the molecule is CN1CCC[C@@H]1c1cc2cnc(NC(=O)c3ccc4c(N)nccc4c3)cc2[nH]1. The molecule has 0 spiro atoms. The summed E-state index contributed by atoms with van der Waals surface area (Å²) in [5, 5.41) is 5.65. The molecule has 0 saturated carbocycles. The number of rotatable bonds is 3. The zero-order valence-electron chi connectivity index (χ0n) is 16.1. The Kier molecular flexibility index (Phi) is 4.17. The molecule has 146 valence electrons. The number of fused-ring (bicyclic) bond motifs is 2. The van der Waals surface area contributed by atoms with E-state index in [1.165, 1.54) is 12.1 Å². The first-order valence-electron chi connectivity index (χ1n) is 9.73. The maximum atomic E-state index is 12.7. The molecule has 1 atom stereocenters. The van der Waals surface area contributed by atoms with E-state index in [-0.39, 0.29) is 5.91 Å². The van der Waals surface area contributed by atoms with Gasteiger partial charge in [0.25, 0.3) is 5.91 Å². The van der Waals surface area contributed by atoms with Gasteiger partial charge in [-0.3, -0.25) is 9.69 Å². The fraction of sp³-hybridized carbons (Fsp3) is 0.227. The summed E-state index contributed by atoms with van der Waals surface area (Å²) in [7, 11) is 2.15. The van der Waals surface area contributed by atoms with Gasteiger partial charge in [0.1, 0.15) is 11.6 Å². The van der Waals surface area contributed by atoms with Crippen molar-refractivity contribution in [2.75, 3.05) is 24.6 Å². The summed E-state index contributed by atoms with van der Waals surface area (Å²) < 4.78 is 0. The van der Waals surface area contributed by atoms with Crippen molar-refractivity contribution < 1.29 is 4.79 Å². The van der Waals surface area contributed by atoms with Gasteiger partial charge < -0.3 is 16.0 Å². The van der Waals surface area contributed by atoms with Crippen molar-refractivity contribution in [2.24, 2.45) is 0 Å². The summed E-state index contributed by atoms with van der Waals surface area (Å²) in [5.41, 5.74) is 8.61. The number of nitrogens with two attached hydrogens (primary N) is 1. The van der Waals surface area contributed by atoms with Gasteiger partial charge >= 0.3 is 0 Å². The number of pyridine rings is 2. The van der Waals surface area contributed by atoms with Gasteiger partial charge in [-0.25, -0.2) is 9.97 Å². The molecule has 1 fully saturated rings. The fourth-order valence-corrected chi connectivity index (χ4v) is 4.13. The number of likely N-dealkylation sites (tertiary alicyclic amines) is 1. The zero-order chi connectivity index (χ0) is 20.0. The average Bonchev–Trinajstić information content (AvgIpc) is 3.33. The molecule has 7 nitrogen and oxygen atoms in total. The predicted molar refractivity (Wildman–Crippen MR) is 115 cm³/mol. The van der Waals surface area contributed by atoms with Crippen LogP contribution in [0.3, 0.4) is 0 Å². The highest BCUT2D eigenvalue weighted by Gasteiger charge is 2.24. The van der Waals surface area contributed by atoms with Gasteiger partial charge in [-0.1, -0.05) is 0 Å². The van der Waals surface area contributed by atoms with Crippen LogP contribution >= 0.6 is 0 Å². The lowest BCUT2D eigenvalue weighted by molar-refractivity contribution is 0.102. The summed E-state index contributed by atoms with van der Waals surface area (Å²) >= 11 is 0. The topological polar surface area (TPSA) is 99.9 Å². The summed E-state index contributed by atoms with van der Waals surface area (Å²) in [6.07, 6.45) is 5.80. The third kappa shape index (κ3) is 3.19. The molecule has 0 radical (unpaired) electrons. The summed E-state index contributed by atoms with van der Waals surface area (Å²) in [6.45, 7) is 1.12. The molecule has 1 aliphatic rings. The maximum absolute atomic E-state index is 12.7. The summed E-state index contributed by atoms with van der Waals surface area (Å²) in [6, 6.07) is 11.7. The molecule has 3 aromatic heterocycles. The number of aromatic nitrogens is 3. The molecule has 1 saturated heterocycles. The molecule has 1 aromatic carbocycles. The van der Waals surface area contributed by atoms with Crippen molar-refractivity contribution in [1.82, 2.24) is 19.9 Å². The minimum atomic E-state index is -0.212. The first-order chi connectivity index (χ1) is 14.1. The van der Waals surface area contributed by atoms with Gasteiger partial charge in [0.05, 0.1) is 5.52 Å². The smallest absolute Gasteiger partial charge is 0.256 e. The van der Waals surface area contributed by atoms with Gasteiger partial charge in [-0.05, 0) is 62.2 Å². The number of amides is 1. The van der Waals surface area contributed by atoms with Crippen LogP contribution in [0, 0.1) is 0 Å². The van der Waals surface area contributed by atoms with E-state index in [4.69, 9.17) is 5.73 Å². The molecule has 1 aliphatic heterocycles. The number of H-pyrrole nitrogens is 1. The van der Waals surface area contributed by atoms with Crippen LogP contribution < -0.4 is 11.1 Å². The highest BCUT2D eigenvalue weighted by Crippen LogP contribution is 2.32. The second kappa shape index (κ2) is 6.86. The minimum absolute atomic E-state index is 0.212. The van der Waals surface area contributed by atoms with Crippen molar-refractivity contribution in [3.05, 3.63) is 60.0 Å². The molecule has 0 unspecified atom stereocenters. The Bertz CT molecular complexity index is 1230. The quantitative estimate of drug-likeness (QED) is 0.498. The van der Waals surface area contributed by atoms with E-state index in [1.807, 2.05) is 24.3 Å². The summed E-state index contributed by atoms with van der Waals surface area (Å²) in [5.74, 6) is 0.762. The van der Waals surface area contributed by atoms with Gasteiger partial charge in [0.2, 0.25) is 0 Å². The number of hydrogen-bond donors (Lipinski definition) is 3. The normalized spacial score (nSPS) is 17.2. The highest BCUT2D eigenvalue weighted by molar-refractivity contribution is 6.07. The van der Waals surface area contributed by atoms with Crippen LogP contribution in [0.15, 0.2) is 48.8 Å². The molecule has 29 heavy (non-hydrogen) atoms. The van der Waals surface area contributed by atoms with Crippen molar-refractivity contribution in [3.8, 4) is 0 Å². The predicted octanol–water partition coefficient (Wildman–Crippen LogP) is 3.71. The molecule has 4 aromatic rings. The molecule has 7 heteroatoms. The average molecular weight is 386 g/mol. The van der Waals surface area contributed by atoms with E-state index in [9.17, 15) is 4.79 Å². The van der Waals surface area contributed by atoms with Crippen LogP contribution in [0.2, 0.25) is 0 Å². The Hall–Kier alpha value is -3.45. The number of aromatic amines is 1. The van der Waals surface area contributed by atoms with E-state index < -0.39 is 0 Å². The Morgan fingerprint density at radius 3 is 2.93 bits per heavy atom. The molecule has 4 N–H and O–H groups in total. The third-order valence-electron chi connectivity index (χ3n) is 5.70. The van der Waals surface area contributed by atoms with Gasteiger partial charge in [-0.2, -0.15) is 0 Å². The monoisotopic (exact) mass is 386 g/mol. The van der Waals surface area contributed by atoms with E-state index in [0.29, 0.717) is 23.2 Å². The molecule has 0 bridgehead atoms. The van der Waals surface area contributed by atoms with E-state index >= 15 is 0 Å². The number of carbonyl (C=O) groups is 1. The molecule has 0 aliphatic carbocycles. The maximum Gasteiger partial charge on any atom is 0.256 e. The Labute approximate surface area is 167 Å². The lowest BCUT2D eigenvalue weighted by Crippen LogP contribution is -2.17. The molecule has 1 amide bonds. The Morgan fingerprint density at radius 2 is 2.10 bits per heavy atom. The standard InChI is InChI=1S/C22H22N6O/c1-28-8-2-3-19(28)18-10-15-12-25-20(11-17(15)26-18)27-22(29)14-4-5-16-13(9-14)6-7-24-21(16)23/h4-7,9-12,19,26H,2-3,8H2,1H3,(H2,23,24)(H,25,27,29)/t19-/m1/s1. The zero-order valence-corrected chi connectivity index (χ0v) is 16.1. The van der Waals surface area contributed by atoms with Crippen LogP contribution in [-0.4, -0.2) is 39.4 Å². The molecular formula is C22H22N6O. The molecule has 5 rings (SSSR count). The van der Waals surface area contributed by atoms with Crippen LogP contribution in [0.1, 0.15) is 34.9 Å². The van der Waals surface area contributed by atoms with Crippen molar-refractivity contribution >= 4 is 39.2 Å². The van der Waals surface area contributed by atoms with Gasteiger partial charge in [-0.15, -0.1) is 0 Å².